The Bertz CT molecular complexity index is 1070. The molecule has 1 heterocycles. The summed E-state index contributed by atoms with van der Waals surface area (Å²) in [5, 5.41) is 0.380. The molecule has 0 aliphatic carbocycles. The van der Waals surface area contributed by atoms with E-state index >= 15 is 0 Å². The summed E-state index contributed by atoms with van der Waals surface area (Å²) in [5.41, 5.74) is 6.40. The highest BCUT2D eigenvalue weighted by atomic mass is 35.5. The number of thioether (sulfide) groups is 1. The number of nitrogens with zero attached hydrogens (tertiary/aromatic N) is 1. The van der Waals surface area contributed by atoms with Crippen LogP contribution in [0.15, 0.2) is 41.3 Å². The van der Waals surface area contributed by atoms with Crippen molar-refractivity contribution in [3.63, 3.8) is 0 Å². The molecule has 3 rings (SSSR count). The number of primary amides is 1. The summed E-state index contributed by atoms with van der Waals surface area (Å²) in [7, 11) is 1.52. The van der Waals surface area contributed by atoms with Gasteiger partial charge in [0.25, 0.3) is 11.8 Å². The van der Waals surface area contributed by atoms with Crippen LogP contribution in [0, 0.1) is 0 Å². The number of anilines is 1. The molecular formula is C21H19ClN2O5S2. The molecule has 162 valence electrons. The minimum Gasteiger partial charge on any atom is -0.495 e. The van der Waals surface area contributed by atoms with Gasteiger partial charge in [-0.05, 0) is 48.9 Å². The predicted octanol–water partition coefficient (Wildman–Crippen LogP) is 4.02. The number of thiocarbonyl (C=S) groups is 1. The molecule has 0 radical (unpaired) electrons. The van der Waals surface area contributed by atoms with E-state index in [1.54, 1.807) is 42.5 Å². The average molecular weight is 479 g/mol. The van der Waals surface area contributed by atoms with Gasteiger partial charge in [0, 0.05) is 0 Å². The van der Waals surface area contributed by atoms with Gasteiger partial charge in [0.15, 0.2) is 22.4 Å². The van der Waals surface area contributed by atoms with Gasteiger partial charge in [0.2, 0.25) is 0 Å². The van der Waals surface area contributed by atoms with E-state index in [0.717, 1.165) is 0 Å². The van der Waals surface area contributed by atoms with Gasteiger partial charge in [-0.2, -0.15) is 0 Å². The van der Waals surface area contributed by atoms with Crippen LogP contribution in [-0.4, -0.2) is 36.5 Å². The van der Waals surface area contributed by atoms with Crippen LogP contribution in [-0.2, 0) is 9.59 Å². The molecule has 7 nitrogen and oxygen atoms in total. The standard InChI is InChI=1S/C21H19ClN2O5S2/c1-3-28-17-8-12(4-6-16(17)29-11-19(23)25)9-18-20(26)24(21(30)31-18)13-5-7-15(27-2)14(22)10-13/h4-10H,3,11H2,1-2H3,(H2,23,25)/b18-9-. The van der Waals surface area contributed by atoms with E-state index in [2.05, 4.69) is 0 Å². The summed E-state index contributed by atoms with van der Waals surface area (Å²) in [6.07, 6.45) is 1.71. The van der Waals surface area contributed by atoms with E-state index in [4.69, 9.17) is 43.8 Å². The highest BCUT2D eigenvalue weighted by molar-refractivity contribution is 8.27. The van der Waals surface area contributed by atoms with Crippen molar-refractivity contribution in [1.82, 2.24) is 0 Å². The monoisotopic (exact) mass is 478 g/mol. The summed E-state index contributed by atoms with van der Waals surface area (Å²) >= 11 is 12.8. The number of methoxy groups -OCH3 is 1. The van der Waals surface area contributed by atoms with Crippen molar-refractivity contribution in [1.29, 1.82) is 0 Å². The Labute approximate surface area is 194 Å². The molecule has 2 aromatic carbocycles. The normalized spacial score (nSPS) is 14.8. The lowest BCUT2D eigenvalue weighted by molar-refractivity contribution is -0.120. The number of carbonyl (C=O) groups is 2. The molecule has 1 fully saturated rings. The lowest BCUT2D eigenvalue weighted by atomic mass is 10.1. The lowest BCUT2D eigenvalue weighted by Gasteiger charge is -2.15. The number of ether oxygens (including phenoxy) is 3. The molecule has 10 heteroatoms. The fourth-order valence-electron chi connectivity index (χ4n) is 2.79. The van der Waals surface area contributed by atoms with Crippen LogP contribution in [0.4, 0.5) is 5.69 Å². The zero-order valence-corrected chi connectivity index (χ0v) is 19.1. The molecule has 0 saturated carbocycles. The van der Waals surface area contributed by atoms with Crippen molar-refractivity contribution in [2.75, 3.05) is 25.2 Å². The van der Waals surface area contributed by atoms with Crippen LogP contribution in [0.2, 0.25) is 5.02 Å². The van der Waals surface area contributed by atoms with Crippen LogP contribution in [0.1, 0.15) is 12.5 Å². The summed E-state index contributed by atoms with van der Waals surface area (Å²) in [6.45, 7) is 1.97. The van der Waals surface area contributed by atoms with Crippen molar-refractivity contribution in [3.05, 3.63) is 51.9 Å². The van der Waals surface area contributed by atoms with Gasteiger partial charge in [-0.1, -0.05) is 41.6 Å². The quantitative estimate of drug-likeness (QED) is 0.452. The average Bonchev–Trinajstić information content (AvgIpc) is 3.00. The molecule has 1 aliphatic heterocycles. The highest BCUT2D eigenvalue weighted by Crippen LogP contribution is 2.39. The molecule has 2 amide bonds. The second kappa shape index (κ2) is 10.0. The van der Waals surface area contributed by atoms with E-state index in [-0.39, 0.29) is 12.5 Å². The molecule has 2 aromatic rings. The third kappa shape index (κ3) is 5.30. The maximum absolute atomic E-state index is 13.0. The van der Waals surface area contributed by atoms with Crippen molar-refractivity contribution in [2.45, 2.75) is 6.92 Å². The van der Waals surface area contributed by atoms with Gasteiger partial charge in [0.1, 0.15) is 5.75 Å². The van der Waals surface area contributed by atoms with Crippen LogP contribution in [0.25, 0.3) is 6.08 Å². The summed E-state index contributed by atoms with van der Waals surface area (Å²) in [5.74, 6) is 0.485. The van der Waals surface area contributed by atoms with Crippen molar-refractivity contribution < 1.29 is 23.8 Å². The number of rotatable bonds is 8. The fourth-order valence-corrected chi connectivity index (χ4v) is 4.34. The van der Waals surface area contributed by atoms with Crippen molar-refractivity contribution in [3.8, 4) is 17.2 Å². The first-order valence-corrected chi connectivity index (χ1v) is 10.7. The number of hydrogen-bond donors (Lipinski definition) is 1. The molecular weight excluding hydrogens is 460 g/mol. The van der Waals surface area contributed by atoms with E-state index in [0.29, 0.717) is 49.4 Å². The van der Waals surface area contributed by atoms with Gasteiger partial charge < -0.3 is 19.9 Å². The number of halogens is 1. The number of amides is 2. The summed E-state index contributed by atoms with van der Waals surface area (Å²) in [6, 6.07) is 10.2. The fraction of sp³-hybridized carbons (Fsp3) is 0.190. The topological polar surface area (TPSA) is 91.1 Å². The largest absolute Gasteiger partial charge is 0.495 e. The second-order valence-corrected chi connectivity index (χ2v) is 8.31. The molecule has 1 saturated heterocycles. The molecule has 0 atom stereocenters. The molecule has 1 aliphatic rings. The second-order valence-electron chi connectivity index (χ2n) is 6.23. The molecule has 0 bridgehead atoms. The SMILES string of the molecule is CCOc1cc(/C=C2\SC(=S)N(c3ccc(OC)c(Cl)c3)C2=O)ccc1OCC(N)=O. The Balaban J connectivity index is 1.87. The van der Waals surface area contributed by atoms with Gasteiger partial charge in [0.05, 0.1) is 29.3 Å². The zero-order valence-electron chi connectivity index (χ0n) is 16.7. The molecule has 0 spiro atoms. The first-order valence-electron chi connectivity index (χ1n) is 9.13. The van der Waals surface area contributed by atoms with E-state index in [1.165, 1.54) is 23.8 Å². The Morgan fingerprint density at radius 2 is 1.94 bits per heavy atom. The third-order valence-electron chi connectivity index (χ3n) is 4.12. The Kier molecular flexibility index (Phi) is 7.42. The predicted molar refractivity (Wildman–Crippen MR) is 126 cm³/mol. The number of benzene rings is 2. The van der Waals surface area contributed by atoms with Crippen LogP contribution in [0.3, 0.4) is 0 Å². The van der Waals surface area contributed by atoms with E-state index in [9.17, 15) is 9.59 Å². The van der Waals surface area contributed by atoms with E-state index < -0.39 is 5.91 Å². The van der Waals surface area contributed by atoms with Crippen molar-refractivity contribution >= 4 is 63.5 Å². The van der Waals surface area contributed by atoms with Crippen LogP contribution in [0.5, 0.6) is 17.2 Å². The maximum atomic E-state index is 13.0. The minimum absolute atomic E-state index is 0.261. The third-order valence-corrected chi connectivity index (χ3v) is 5.72. The lowest BCUT2D eigenvalue weighted by Crippen LogP contribution is -2.27. The molecule has 31 heavy (non-hydrogen) atoms. The Hall–Kier alpha value is -2.75. The summed E-state index contributed by atoms with van der Waals surface area (Å²) < 4.78 is 16.5. The Morgan fingerprint density at radius 3 is 2.58 bits per heavy atom. The molecule has 0 aromatic heterocycles. The first kappa shape index (κ1) is 22.9. The first-order chi connectivity index (χ1) is 14.8. The van der Waals surface area contributed by atoms with Gasteiger partial charge in [-0.25, -0.2) is 0 Å². The number of nitrogens with two attached hydrogens (primary N) is 1. The molecule has 2 N–H and O–H groups in total. The number of carbonyl (C=O) groups excluding carboxylic acids is 2. The van der Waals surface area contributed by atoms with Gasteiger partial charge in [-0.3, -0.25) is 14.5 Å². The van der Waals surface area contributed by atoms with Crippen LogP contribution >= 0.6 is 35.6 Å². The van der Waals surface area contributed by atoms with Gasteiger partial charge >= 0.3 is 0 Å². The minimum atomic E-state index is -0.589. The van der Waals surface area contributed by atoms with Crippen LogP contribution < -0.4 is 24.8 Å². The number of hydrogen-bond acceptors (Lipinski definition) is 7. The summed E-state index contributed by atoms with van der Waals surface area (Å²) in [4.78, 5) is 25.9. The van der Waals surface area contributed by atoms with E-state index in [1.807, 2.05) is 6.92 Å². The maximum Gasteiger partial charge on any atom is 0.270 e. The smallest absolute Gasteiger partial charge is 0.270 e. The zero-order chi connectivity index (χ0) is 22.5. The van der Waals surface area contributed by atoms with Gasteiger partial charge in [-0.15, -0.1) is 0 Å². The molecule has 0 unspecified atom stereocenters. The Morgan fingerprint density at radius 1 is 1.19 bits per heavy atom. The highest BCUT2D eigenvalue weighted by Gasteiger charge is 2.33. The van der Waals surface area contributed by atoms with Crippen molar-refractivity contribution in [2.24, 2.45) is 5.73 Å².